The van der Waals surface area contributed by atoms with Gasteiger partial charge in [-0.1, -0.05) is 38.1 Å². The molecule has 0 aliphatic carbocycles. The lowest BCUT2D eigenvalue weighted by Gasteiger charge is -2.11. The second kappa shape index (κ2) is 6.48. The van der Waals surface area contributed by atoms with Crippen LogP contribution in [0.1, 0.15) is 25.8 Å². The molecule has 1 atom stereocenters. The molecular formula is C16H21N3O. The molecule has 0 saturated heterocycles. The van der Waals surface area contributed by atoms with E-state index in [1.54, 1.807) is 12.1 Å². The minimum Gasteiger partial charge on any atom is -0.326 e. The normalized spacial score (nSPS) is 12.3. The molecule has 2 N–H and O–H groups in total. The van der Waals surface area contributed by atoms with Crippen molar-refractivity contribution in [2.24, 2.45) is 5.73 Å². The highest BCUT2D eigenvalue weighted by atomic mass is 16.1. The van der Waals surface area contributed by atoms with Crippen molar-refractivity contribution in [3.05, 3.63) is 52.3 Å². The van der Waals surface area contributed by atoms with Crippen LogP contribution in [0, 0.1) is 0 Å². The molecule has 1 aromatic carbocycles. The van der Waals surface area contributed by atoms with Crippen molar-refractivity contribution in [2.75, 3.05) is 0 Å². The summed E-state index contributed by atoms with van der Waals surface area (Å²) >= 11 is 0. The molecule has 106 valence electrons. The summed E-state index contributed by atoms with van der Waals surface area (Å²) < 4.78 is 1.46. The van der Waals surface area contributed by atoms with Gasteiger partial charge in [0.25, 0.3) is 5.56 Å². The quantitative estimate of drug-likeness (QED) is 0.907. The van der Waals surface area contributed by atoms with Gasteiger partial charge in [-0.05, 0) is 24.5 Å². The molecule has 0 radical (unpaired) electrons. The summed E-state index contributed by atoms with van der Waals surface area (Å²) in [4.78, 5) is 11.8. The van der Waals surface area contributed by atoms with Crippen LogP contribution in [0.3, 0.4) is 0 Å². The van der Waals surface area contributed by atoms with E-state index in [4.69, 9.17) is 5.73 Å². The molecule has 1 aromatic heterocycles. The molecule has 1 unspecified atom stereocenters. The van der Waals surface area contributed by atoms with E-state index in [2.05, 4.69) is 24.2 Å². The van der Waals surface area contributed by atoms with Gasteiger partial charge in [-0.25, -0.2) is 4.68 Å². The summed E-state index contributed by atoms with van der Waals surface area (Å²) in [6.07, 6.45) is 1.84. The lowest BCUT2D eigenvalue weighted by Crippen LogP contribution is -2.32. The number of hydrogen-bond donors (Lipinski definition) is 1. The van der Waals surface area contributed by atoms with Crippen molar-refractivity contribution in [1.82, 2.24) is 9.78 Å². The van der Waals surface area contributed by atoms with Crippen LogP contribution in [0.4, 0.5) is 0 Å². The van der Waals surface area contributed by atoms with Gasteiger partial charge in [0.2, 0.25) is 0 Å². The lowest BCUT2D eigenvalue weighted by atomic mass is 10.1. The van der Waals surface area contributed by atoms with Crippen LogP contribution in [-0.4, -0.2) is 15.8 Å². The number of benzene rings is 1. The third kappa shape index (κ3) is 3.33. The number of nitrogens with two attached hydrogens (primary N) is 1. The topological polar surface area (TPSA) is 60.9 Å². The van der Waals surface area contributed by atoms with Gasteiger partial charge in [0.1, 0.15) is 0 Å². The standard InChI is InChI=1S/C16H21N3O/c1-3-12-5-7-13(8-6-12)15-9-10-16(20)19(18-15)11-14(17)4-2/h5-10,14H,3-4,11,17H2,1-2H3. The Morgan fingerprint density at radius 3 is 2.45 bits per heavy atom. The zero-order valence-electron chi connectivity index (χ0n) is 12.0. The van der Waals surface area contributed by atoms with Crippen LogP contribution in [0.15, 0.2) is 41.2 Å². The Morgan fingerprint density at radius 1 is 1.15 bits per heavy atom. The molecule has 0 spiro atoms. The van der Waals surface area contributed by atoms with Gasteiger partial charge in [-0.3, -0.25) is 4.79 Å². The largest absolute Gasteiger partial charge is 0.326 e. The van der Waals surface area contributed by atoms with Crippen molar-refractivity contribution in [3.63, 3.8) is 0 Å². The van der Waals surface area contributed by atoms with Gasteiger partial charge in [0.15, 0.2) is 0 Å². The highest BCUT2D eigenvalue weighted by molar-refractivity contribution is 5.58. The third-order valence-electron chi connectivity index (χ3n) is 3.46. The third-order valence-corrected chi connectivity index (χ3v) is 3.46. The predicted octanol–water partition coefficient (Wildman–Crippen LogP) is 2.21. The van der Waals surface area contributed by atoms with E-state index in [0.29, 0.717) is 6.54 Å². The first-order valence-electron chi connectivity index (χ1n) is 7.07. The smallest absolute Gasteiger partial charge is 0.266 e. The van der Waals surface area contributed by atoms with Gasteiger partial charge in [-0.2, -0.15) is 5.10 Å². The van der Waals surface area contributed by atoms with Gasteiger partial charge in [0, 0.05) is 17.7 Å². The second-order valence-corrected chi connectivity index (χ2v) is 4.96. The molecule has 2 aromatic rings. The van der Waals surface area contributed by atoms with Crippen molar-refractivity contribution in [3.8, 4) is 11.3 Å². The van der Waals surface area contributed by atoms with Crippen molar-refractivity contribution >= 4 is 0 Å². The fraction of sp³-hybridized carbons (Fsp3) is 0.375. The Balaban J connectivity index is 2.32. The number of hydrogen-bond acceptors (Lipinski definition) is 3. The molecule has 1 heterocycles. The Bertz CT molecular complexity index is 616. The minimum absolute atomic E-state index is 0.0436. The van der Waals surface area contributed by atoms with Gasteiger partial charge >= 0.3 is 0 Å². The number of rotatable bonds is 5. The molecule has 0 saturated carbocycles. The van der Waals surface area contributed by atoms with Gasteiger partial charge in [-0.15, -0.1) is 0 Å². The van der Waals surface area contributed by atoms with Crippen LogP contribution in [-0.2, 0) is 13.0 Å². The van der Waals surface area contributed by atoms with Gasteiger partial charge in [0.05, 0.1) is 12.2 Å². The van der Waals surface area contributed by atoms with E-state index in [1.165, 1.54) is 10.2 Å². The summed E-state index contributed by atoms with van der Waals surface area (Å²) in [6.45, 7) is 4.58. The highest BCUT2D eigenvalue weighted by Gasteiger charge is 2.06. The molecule has 4 heteroatoms. The number of aromatic nitrogens is 2. The maximum atomic E-state index is 11.8. The highest BCUT2D eigenvalue weighted by Crippen LogP contribution is 2.16. The molecule has 4 nitrogen and oxygen atoms in total. The molecule has 2 rings (SSSR count). The first-order chi connectivity index (χ1) is 9.63. The summed E-state index contributed by atoms with van der Waals surface area (Å²) in [6, 6.07) is 11.5. The first-order valence-corrected chi connectivity index (χ1v) is 7.07. The zero-order valence-corrected chi connectivity index (χ0v) is 12.0. The molecule has 0 bridgehead atoms. The summed E-state index contributed by atoms with van der Waals surface area (Å²) in [5.41, 5.74) is 8.90. The number of nitrogens with zero attached hydrogens (tertiary/aromatic N) is 2. The molecule has 0 aliphatic heterocycles. The fourth-order valence-electron chi connectivity index (χ4n) is 2.00. The van der Waals surface area contributed by atoms with E-state index in [1.807, 2.05) is 19.1 Å². The fourth-order valence-corrected chi connectivity index (χ4v) is 2.00. The van der Waals surface area contributed by atoms with E-state index >= 15 is 0 Å². The first kappa shape index (κ1) is 14.5. The average Bonchev–Trinajstić information content (AvgIpc) is 2.49. The summed E-state index contributed by atoms with van der Waals surface area (Å²) in [5, 5.41) is 4.41. The number of aryl methyl sites for hydroxylation is 1. The van der Waals surface area contributed by atoms with E-state index in [0.717, 1.165) is 24.1 Å². The molecule has 0 amide bonds. The van der Waals surface area contributed by atoms with Gasteiger partial charge < -0.3 is 5.73 Å². The second-order valence-electron chi connectivity index (χ2n) is 4.96. The Morgan fingerprint density at radius 2 is 1.85 bits per heavy atom. The van der Waals surface area contributed by atoms with E-state index in [-0.39, 0.29) is 11.6 Å². The lowest BCUT2D eigenvalue weighted by molar-refractivity contribution is 0.482. The van der Waals surface area contributed by atoms with Crippen LogP contribution < -0.4 is 11.3 Å². The molecule has 0 aliphatic rings. The monoisotopic (exact) mass is 271 g/mol. The van der Waals surface area contributed by atoms with E-state index in [9.17, 15) is 4.79 Å². The predicted molar refractivity (Wildman–Crippen MR) is 81.6 cm³/mol. The van der Waals surface area contributed by atoms with Crippen LogP contribution >= 0.6 is 0 Å². The Kier molecular flexibility index (Phi) is 4.69. The molecule has 0 fully saturated rings. The minimum atomic E-state index is -0.108. The summed E-state index contributed by atoms with van der Waals surface area (Å²) in [5.74, 6) is 0. The molecular weight excluding hydrogens is 250 g/mol. The SMILES string of the molecule is CCc1ccc(-c2ccc(=O)n(CC(N)CC)n2)cc1. The van der Waals surface area contributed by atoms with Crippen LogP contribution in [0.25, 0.3) is 11.3 Å². The maximum absolute atomic E-state index is 11.8. The van der Waals surface area contributed by atoms with Crippen molar-refractivity contribution < 1.29 is 0 Å². The van der Waals surface area contributed by atoms with E-state index < -0.39 is 0 Å². The van der Waals surface area contributed by atoms with Crippen molar-refractivity contribution in [1.29, 1.82) is 0 Å². The summed E-state index contributed by atoms with van der Waals surface area (Å²) in [7, 11) is 0. The zero-order chi connectivity index (χ0) is 14.5. The Hall–Kier alpha value is -1.94. The van der Waals surface area contributed by atoms with Crippen LogP contribution in [0.5, 0.6) is 0 Å². The Labute approximate surface area is 119 Å². The maximum Gasteiger partial charge on any atom is 0.266 e. The average molecular weight is 271 g/mol. The van der Waals surface area contributed by atoms with Crippen LogP contribution in [0.2, 0.25) is 0 Å². The van der Waals surface area contributed by atoms with Crippen molar-refractivity contribution in [2.45, 2.75) is 39.3 Å². The molecule has 20 heavy (non-hydrogen) atoms.